The van der Waals surface area contributed by atoms with Crippen molar-refractivity contribution in [1.82, 2.24) is 0 Å². The lowest BCUT2D eigenvalue weighted by Crippen LogP contribution is -2.16. The highest BCUT2D eigenvalue weighted by Gasteiger charge is 2.28. The van der Waals surface area contributed by atoms with Crippen molar-refractivity contribution in [3.8, 4) is 5.75 Å². The van der Waals surface area contributed by atoms with Crippen LogP contribution in [0, 0.1) is 29.1 Å². The highest BCUT2D eigenvalue weighted by Crippen LogP contribution is 2.29. The number of hydrogen-bond donors (Lipinski definition) is 0. The SMILES string of the molecule is CCCC(=O)OCCOCCOCCOCCOCCOCCOCCOCCC(=O)Oc1c(F)c(F)c(F)c(F)c1F. The molecule has 0 atom stereocenters. The molecular formula is C27H39F5O11. The van der Waals surface area contributed by atoms with Crippen LogP contribution in [0.15, 0.2) is 0 Å². The number of ether oxygens (including phenoxy) is 9. The van der Waals surface area contributed by atoms with Crippen molar-refractivity contribution < 1.29 is 74.2 Å². The number of halogens is 5. The van der Waals surface area contributed by atoms with Gasteiger partial charge in [-0.15, -0.1) is 0 Å². The van der Waals surface area contributed by atoms with Crippen molar-refractivity contribution in [3.05, 3.63) is 29.1 Å². The smallest absolute Gasteiger partial charge is 0.313 e. The van der Waals surface area contributed by atoms with Gasteiger partial charge in [-0.2, -0.15) is 8.78 Å². The first kappa shape index (κ1) is 38.6. The van der Waals surface area contributed by atoms with E-state index in [1.807, 2.05) is 6.92 Å². The molecule has 0 radical (unpaired) electrons. The van der Waals surface area contributed by atoms with Crippen molar-refractivity contribution in [2.45, 2.75) is 26.2 Å². The Balaban J connectivity index is 1.82. The summed E-state index contributed by atoms with van der Waals surface area (Å²) in [6.07, 6.45) is 0.675. The Morgan fingerprint density at radius 1 is 0.442 bits per heavy atom. The summed E-state index contributed by atoms with van der Waals surface area (Å²) >= 11 is 0. The third-order valence-electron chi connectivity index (χ3n) is 5.01. The number of esters is 2. The molecule has 0 aliphatic heterocycles. The minimum atomic E-state index is -2.35. The normalized spacial score (nSPS) is 11.2. The molecule has 0 bridgehead atoms. The van der Waals surface area contributed by atoms with Crippen LogP contribution in [-0.4, -0.2) is 111 Å². The summed E-state index contributed by atoms with van der Waals surface area (Å²) in [5.74, 6) is -14.4. The van der Waals surface area contributed by atoms with Crippen LogP contribution in [0.1, 0.15) is 26.2 Å². The lowest BCUT2D eigenvalue weighted by molar-refractivity contribution is -0.145. The monoisotopic (exact) mass is 634 g/mol. The molecule has 16 heteroatoms. The summed E-state index contributed by atoms with van der Waals surface area (Å²) < 4.78 is 113. The molecule has 43 heavy (non-hydrogen) atoms. The molecule has 1 aromatic rings. The largest absolute Gasteiger partial charge is 0.463 e. The van der Waals surface area contributed by atoms with E-state index in [2.05, 4.69) is 4.74 Å². The van der Waals surface area contributed by atoms with Crippen LogP contribution in [0.25, 0.3) is 0 Å². The van der Waals surface area contributed by atoms with Crippen molar-refractivity contribution in [2.75, 3.05) is 99.1 Å². The Morgan fingerprint density at radius 2 is 0.767 bits per heavy atom. The Hall–Kier alpha value is -2.47. The molecule has 0 saturated heterocycles. The van der Waals surface area contributed by atoms with E-state index in [1.165, 1.54) is 0 Å². The van der Waals surface area contributed by atoms with Gasteiger partial charge in [-0.1, -0.05) is 6.92 Å². The molecular weight excluding hydrogens is 595 g/mol. The average Bonchev–Trinajstić information content (AvgIpc) is 2.99. The van der Waals surface area contributed by atoms with Gasteiger partial charge in [0.2, 0.25) is 34.8 Å². The van der Waals surface area contributed by atoms with Crippen LogP contribution < -0.4 is 4.74 Å². The molecule has 0 fully saturated rings. The minimum Gasteiger partial charge on any atom is -0.463 e. The second kappa shape index (κ2) is 24.9. The summed E-state index contributed by atoms with van der Waals surface area (Å²) in [5, 5.41) is 0. The second-order valence-electron chi connectivity index (χ2n) is 8.38. The summed E-state index contributed by atoms with van der Waals surface area (Å²) in [6.45, 7) is 6.23. The fraction of sp³-hybridized carbons (Fsp3) is 0.704. The molecule has 0 amide bonds. The van der Waals surface area contributed by atoms with Gasteiger partial charge in [-0.3, -0.25) is 9.59 Å². The van der Waals surface area contributed by atoms with Gasteiger partial charge in [0.05, 0.1) is 98.9 Å². The van der Waals surface area contributed by atoms with E-state index in [0.29, 0.717) is 72.5 Å². The van der Waals surface area contributed by atoms with Crippen LogP contribution in [0.5, 0.6) is 5.75 Å². The zero-order valence-corrected chi connectivity index (χ0v) is 24.1. The molecule has 0 aromatic heterocycles. The maximum atomic E-state index is 13.5. The highest BCUT2D eigenvalue weighted by molar-refractivity contribution is 5.72. The van der Waals surface area contributed by atoms with Gasteiger partial charge in [0.15, 0.2) is 0 Å². The van der Waals surface area contributed by atoms with Gasteiger partial charge >= 0.3 is 11.9 Å². The first-order valence-electron chi connectivity index (χ1n) is 13.7. The molecule has 1 aromatic carbocycles. The van der Waals surface area contributed by atoms with E-state index in [4.69, 9.17) is 37.9 Å². The Morgan fingerprint density at radius 3 is 1.14 bits per heavy atom. The van der Waals surface area contributed by atoms with Gasteiger partial charge in [-0.25, -0.2) is 13.2 Å². The molecule has 0 N–H and O–H groups in total. The molecule has 0 unspecified atom stereocenters. The Kier molecular flexibility index (Phi) is 22.3. The van der Waals surface area contributed by atoms with Crippen molar-refractivity contribution >= 4 is 11.9 Å². The van der Waals surface area contributed by atoms with Crippen LogP contribution in [0.3, 0.4) is 0 Å². The number of rotatable bonds is 27. The van der Waals surface area contributed by atoms with E-state index in [0.717, 1.165) is 6.42 Å². The standard InChI is InChI=1S/C27H39F5O11/c1-2-3-20(33)42-19-18-41-17-16-40-15-14-39-13-12-38-11-10-37-9-8-36-7-6-35-5-4-21(34)43-27-25(31)23(29)22(28)24(30)26(27)32/h2-19H2,1H3. The lowest BCUT2D eigenvalue weighted by Gasteiger charge is -2.09. The highest BCUT2D eigenvalue weighted by atomic mass is 19.2. The zero-order chi connectivity index (χ0) is 31.7. The summed E-state index contributed by atoms with van der Waals surface area (Å²) in [5.41, 5.74) is 0. The van der Waals surface area contributed by atoms with Crippen LogP contribution >= 0.6 is 0 Å². The van der Waals surface area contributed by atoms with Crippen LogP contribution in [0.4, 0.5) is 22.0 Å². The molecule has 0 aliphatic carbocycles. The number of carbonyl (C=O) groups is 2. The fourth-order valence-corrected chi connectivity index (χ4v) is 2.91. The average molecular weight is 635 g/mol. The Bertz CT molecular complexity index is 895. The van der Waals surface area contributed by atoms with E-state index in [-0.39, 0.29) is 39.0 Å². The molecule has 0 saturated carbocycles. The van der Waals surface area contributed by atoms with Crippen molar-refractivity contribution in [3.63, 3.8) is 0 Å². The number of hydrogen-bond acceptors (Lipinski definition) is 11. The molecule has 0 spiro atoms. The van der Waals surface area contributed by atoms with Gasteiger partial charge in [-0.05, 0) is 6.42 Å². The predicted molar refractivity (Wildman–Crippen MR) is 138 cm³/mol. The summed E-state index contributed by atoms with van der Waals surface area (Å²) in [4.78, 5) is 22.8. The van der Waals surface area contributed by atoms with Gasteiger partial charge in [0, 0.05) is 6.42 Å². The minimum absolute atomic E-state index is 0.0789. The maximum Gasteiger partial charge on any atom is 0.313 e. The first-order chi connectivity index (χ1) is 20.8. The van der Waals surface area contributed by atoms with Crippen molar-refractivity contribution in [2.24, 2.45) is 0 Å². The summed E-state index contributed by atoms with van der Waals surface area (Å²) in [7, 11) is 0. The van der Waals surface area contributed by atoms with Crippen molar-refractivity contribution in [1.29, 1.82) is 0 Å². The summed E-state index contributed by atoms with van der Waals surface area (Å²) in [6, 6.07) is 0. The maximum absolute atomic E-state index is 13.5. The fourth-order valence-electron chi connectivity index (χ4n) is 2.91. The van der Waals surface area contributed by atoms with Gasteiger partial charge in [0.25, 0.3) is 0 Å². The topological polar surface area (TPSA) is 117 Å². The van der Waals surface area contributed by atoms with Crippen LogP contribution in [0.2, 0.25) is 0 Å². The first-order valence-corrected chi connectivity index (χ1v) is 13.7. The molecule has 1 rings (SSSR count). The van der Waals surface area contributed by atoms with E-state index in [1.54, 1.807) is 0 Å². The van der Waals surface area contributed by atoms with E-state index >= 15 is 0 Å². The number of benzene rings is 1. The van der Waals surface area contributed by atoms with Crippen LogP contribution in [-0.2, 0) is 47.5 Å². The second-order valence-corrected chi connectivity index (χ2v) is 8.38. The third-order valence-corrected chi connectivity index (χ3v) is 5.01. The van der Waals surface area contributed by atoms with E-state index < -0.39 is 47.2 Å². The Labute approximate surface area is 246 Å². The third kappa shape index (κ3) is 18.1. The quantitative estimate of drug-likeness (QED) is 0.0355. The molecule has 248 valence electrons. The molecule has 11 nitrogen and oxygen atoms in total. The van der Waals surface area contributed by atoms with Gasteiger partial charge in [0.1, 0.15) is 6.61 Å². The molecule has 0 aliphatic rings. The zero-order valence-electron chi connectivity index (χ0n) is 24.1. The van der Waals surface area contributed by atoms with Gasteiger partial charge < -0.3 is 42.6 Å². The predicted octanol–water partition coefficient (Wildman–Crippen LogP) is 3.14. The molecule has 0 heterocycles. The lowest BCUT2D eigenvalue weighted by atomic mass is 10.2. The van der Waals surface area contributed by atoms with E-state index in [9.17, 15) is 31.5 Å². The number of carbonyl (C=O) groups excluding carboxylic acids is 2.